The van der Waals surface area contributed by atoms with Crippen molar-refractivity contribution in [1.82, 2.24) is 0 Å². The van der Waals surface area contributed by atoms with Crippen LogP contribution in [0.15, 0.2) is 54.6 Å². The monoisotopic (exact) mass is 385 g/mol. The Morgan fingerprint density at radius 1 is 1.04 bits per heavy atom. The van der Waals surface area contributed by atoms with Crippen LogP contribution < -0.4 is 5.32 Å². The van der Waals surface area contributed by atoms with Gasteiger partial charge in [0.15, 0.2) is 5.12 Å². The molecule has 1 amide bonds. The first kappa shape index (κ1) is 20.7. The standard InChI is InChI=1S/C21H23NO4S/c1-14(16-7-4-3-5-8-16)11-12-19(27-15(2)23)20(24)22-18-10-6-9-17(13-18)21(25)26/h3-10,13-14,19H,11-12H2,1-2H3,(H,22,24)(H,25,26). The molecule has 2 N–H and O–H groups in total. The second-order valence-corrected chi connectivity index (χ2v) is 7.74. The van der Waals surface area contributed by atoms with Crippen LogP contribution in [0, 0.1) is 0 Å². The van der Waals surface area contributed by atoms with Gasteiger partial charge in [-0.3, -0.25) is 9.59 Å². The summed E-state index contributed by atoms with van der Waals surface area (Å²) in [7, 11) is 0. The number of hydrogen-bond acceptors (Lipinski definition) is 4. The highest BCUT2D eigenvalue weighted by Crippen LogP contribution is 2.26. The molecule has 0 aliphatic rings. The molecule has 2 aromatic rings. The highest BCUT2D eigenvalue weighted by molar-refractivity contribution is 8.14. The van der Waals surface area contributed by atoms with Gasteiger partial charge in [-0.2, -0.15) is 0 Å². The van der Waals surface area contributed by atoms with E-state index in [4.69, 9.17) is 5.11 Å². The van der Waals surface area contributed by atoms with E-state index in [9.17, 15) is 14.4 Å². The van der Waals surface area contributed by atoms with Crippen molar-refractivity contribution in [3.05, 3.63) is 65.7 Å². The van der Waals surface area contributed by atoms with Crippen LogP contribution in [0.1, 0.15) is 48.5 Å². The maximum absolute atomic E-state index is 12.6. The highest BCUT2D eigenvalue weighted by atomic mass is 32.2. The van der Waals surface area contributed by atoms with Gasteiger partial charge in [-0.1, -0.05) is 55.1 Å². The quantitative estimate of drug-likeness (QED) is 0.696. The number of carbonyl (C=O) groups excluding carboxylic acids is 2. The number of thioether (sulfide) groups is 1. The molecular formula is C21H23NO4S. The normalized spacial score (nSPS) is 12.8. The zero-order valence-corrected chi connectivity index (χ0v) is 16.2. The van der Waals surface area contributed by atoms with E-state index in [0.717, 1.165) is 18.2 Å². The van der Waals surface area contributed by atoms with Crippen molar-refractivity contribution in [2.75, 3.05) is 5.32 Å². The zero-order valence-electron chi connectivity index (χ0n) is 15.3. The molecule has 2 aromatic carbocycles. The summed E-state index contributed by atoms with van der Waals surface area (Å²) < 4.78 is 0. The summed E-state index contributed by atoms with van der Waals surface area (Å²) in [5.41, 5.74) is 1.70. The van der Waals surface area contributed by atoms with E-state index in [1.54, 1.807) is 12.1 Å². The van der Waals surface area contributed by atoms with Crippen LogP contribution in [0.4, 0.5) is 5.69 Å². The van der Waals surface area contributed by atoms with Gasteiger partial charge in [-0.15, -0.1) is 0 Å². The van der Waals surface area contributed by atoms with Gasteiger partial charge >= 0.3 is 5.97 Å². The number of amides is 1. The number of hydrogen-bond donors (Lipinski definition) is 2. The smallest absolute Gasteiger partial charge is 0.335 e. The number of aromatic carboxylic acids is 1. The molecule has 0 radical (unpaired) electrons. The average Bonchev–Trinajstić information content (AvgIpc) is 2.65. The Labute approximate surface area is 163 Å². The molecule has 2 unspecified atom stereocenters. The molecule has 5 nitrogen and oxygen atoms in total. The summed E-state index contributed by atoms with van der Waals surface area (Å²) in [6.07, 6.45) is 1.31. The maximum Gasteiger partial charge on any atom is 0.335 e. The first-order chi connectivity index (χ1) is 12.9. The molecule has 0 fully saturated rings. The van der Waals surface area contributed by atoms with Crippen molar-refractivity contribution >= 4 is 34.4 Å². The fraction of sp³-hybridized carbons (Fsp3) is 0.286. The minimum Gasteiger partial charge on any atom is -0.478 e. The Balaban J connectivity index is 2.04. The molecule has 27 heavy (non-hydrogen) atoms. The fourth-order valence-electron chi connectivity index (χ4n) is 2.75. The second kappa shape index (κ2) is 9.92. The Hall–Kier alpha value is -2.60. The van der Waals surface area contributed by atoms with Crippen molar-refractivity contribution in [1.29, 1.82) is 0 Å². The topological polar surface area (TPSA) is 83.5 Å². The number of carboxylic acid groups (broad SMARTS) is 1. The van der Waals surface area contributed by atoms with Gasteiger partial charge < -0.3 is 10.4 Å². The lowest BCUT2D eigenvalue weighted by Crippen LogP contribution is -2.26. The van der Waals surface area contributed by atoms with E-state index in [2.05, 4.69) is 24.4 Å². The Kier molecular flexibility index (Phi) is 7.61. The first-order valence-corrected chi connectivity index (χ1v) is 9.61. The lowest BCUT2D eigenvalue weighted by atomic mass is 9.95. The molecule has 0 saturated carbocycles. The molecule has 2 atom stereocenters. The predicted octanol–water partition coefficient (Wildman–Crippen LogP) is 4.56. The number of carbonyl (C=O) groups is 3. The summed E-state index contributed by atoms with van der Waals surface area (Å²) in [5.74, 6) is -1.08. The van der Waals surface area contributed by atoms with Crippen molar-refractivity contribution in [2.24, 2.45) is 0 Å². The molecule has 0 heterocycles. The number of anilines is 1. The Morgan fingerprint density at radius 2 is 1.74 bits per heavy atom. The molecule has 2 rings (SSSR count). The number of benzene rings is 2. The van der Waals surface area contributed by atoms with Crippen molar-refractivity contribution in [3.8, 4) is 0 Å². The lowest BCUT2D eigenvalue weighted by Gasteiger charge is -2.18. The molecule has 0 aliphatic heterocycles. The summed E-state index contributed by atoms with van der Waals surface area (Å²) in [6.45, 7) is 3.54. The summed E-state index contributed by atoms with van der Waals surface area (Å²) >= 11 is 1.01. The highest BCUT2D eigenvalue weighted by Gasteiger charge is 2.22. The largest absolute Gasteiger partial charge is 0.478 e. The summed E-state index contributed by atoms with van der Waals surface area (Å²) in [5, 5.41) is 11.1. The van der Waals surface area contributed by atoms with Crippen LogP contribution in [-0.2, 0) is 9.59 Å². The number of carboxylic acids is 1. The van der Waals surface area contributed by atoms with Crippen LogP contribution >= 0.6 is 11.8 Å². The molecule has 0 spiro atoms. The average molecular weight is 385 g/mol. The van der Waals surface area contributed by atoms with Gasteiger partial charge in [0.05, 0.1) is 10.8 Å². The van der Waals surface area contributed by atoms with E-state index < -0.39 is 11.2 Å². The van der Waals surface area contributed by atoms with Gasteiger partial charge in [0.1, 0.15) is 0 Å². The van der Waals surface area contributed by atoms with E-state index in [1.807, 2.05) is 18.2 Å². The summed E-state index contributed by atoms with van der Waals surface area (Å²) in [4.78, 5) is 35.3. The van der Waals surface area contributed by atoms with Gasteiger partial charge in [-0.05, 0) is 42.5 Å². The van der Waals surface area contributed by atoms with Gasteiger partial charge in [-0.25, -0.2) is 4.79 Å². The lowest BCUT2D eigenvalue weighted by molar-refractivity contribution is -0.116. The fourth-order valence-corrected chi connectivity index (χ4v) is 3.57. The zero-order chi connectivity index (χ0) is 19.8. The van der Waals surface area contributed by atoms with Crippen LogP contribution in [0.3, 0.4) is 0 Å². The van der Waals surface area contributed by atoms with Gasteiger partial charge in [0, 0.05) is 12.6 Å². The number of rotatable bonds is 8. The molecule has 0 aromatic heterocycles. The van der Waals surface area contributed by atoms with E-state index in [-0.39, 0.29) is 22.5 Å². The minimum absolute atomic E-state index is 0.0984. The van der Waals surface area contributed by atoms with E-state index in [1.165, 1.54) is 24.6 Å². The van der Waals surface area contributed by atoms with Crippen molar-refractivity contribution in [3.63, 3.8) is 0 Å². The predicted molar refractivity (Wildman–Crippen MR) is 108 cm³/mol. The third kappa shape index (κ3) is 6.57. The molecule has 142 valence electrons. The minimum atomic E-state index is -1.06. The van der Waals surface area contributed by atoms with E-state index >= 15 is 0 Å². The molecular weight excluding hydrogens is 362 g/mol. The SMILES string of the molecule is CC(=O)SC(CCC(C)c1ccccc1)C(=O)Nc1cccc(C(=O)O)c1. The van der Waals surface area contributed by atoms with Crippen molar-refractivity contribution < 1.29 is 19.5 Å². The molecule has 6 heteroatoms. The molecule has 0 bridgehead atoms. The van der Waals surface area contributed by atoms with Crippen LogP contribution in [0.2, 0.25) is 0 Å². The van der Waals surface area contributed by atoms with Crippen LogP contribution in [-0.4, -0.2) is 27.3 Å². The third-order valence-electron chi connectivity index (χ3n) is 4.21. The summed E-state index contributed by atoms with van der Waals surface area (Å²) in [6, 6.07) is 16.1. The molecule has 0 saturated heterocycles. The maximum atomic E-state index is 12.6. The van der Waals surface area contributed by atoms with Crippen LogP contribution in [0.5, 0.6) is 0 Å². The molecule has 0 aliphatic carbocycles. The first-order valence-electron chi connectivity index (χ1n) is 8.73. The van der Waals surface area contributed by atoms with E-state index in [0.29, 0.717) is 12.1 Å². The van der Waals surface area contributed by atoms with Gasteiger partial charge in [0.25, 0.3) is 0 Å². The Bertz CT molecular complexity index is 807. The number of nitrogens with one attached hydrogen (secondary N) is 1. The third-order valence-corrected chi connectivity index (χ3v) is 5.27. The van der Waals surface area contributed by atoms with Crippen LogP contribution in [0.25, 0.3) is 0 Å². The Morgan fingerprint density at radius 3 is 2.37 bits per heavy atom. The second-order valence-electron chi connectivity index (χ2n) is 6.36. The van der Waals surface area contributed by atoms with Gasteiger partial charge in [0.2, 0.25) is 5.91 Å². The van der Waals surface area contributed by atoms with Crippen molar-refractivity contribution in [2.45, 2.75) is 37.9 Å².